The summed E-state index contributed by atoms with van der Waals surface area (Å²) in [6.45, 7) is 8.60. The Morgan fingerprint density at radius 2 is 1.95 bits per heavy atom. The maximum atomic E-state index is 11.8. The van der Waals surface area contributed by atoms with Crippen LogP contribution in [0.3, 0.4) is 0 Å². The van der Waals surface area contributed by atoms with Gasteiger partial charge in [0.2, 0.25) is 0 Å². The summed E-state index contributed by atoms with van der Waals surface area (Å²) in [7, 11) is 0. The van der Waals surface area contributed by atoms with Crippen LogP contribution in [0.15, 0.2) is 24.3 Å². The number of amides is 2. The number of anilines is 1. The summed E-state index contributed by atoms with van der Waals surface area (Å²) in [4.78, 5) is 11.8. The SMILES string of the molecule is CCCCOc1ccccc1NC(=O)NC(C)(C)C. The Balaban J connectivity index is 2.64. The van der Waals surface area contributed by atoms with Crippen LogP contribution in [0.5, 0.6) is 5.75 Å². The van der Waals surface area contributed by atoms with Crippen LogP contribution in [0.25, 0.3) is 0 Å². The van der Waals surface area contributed by atoms with Gasteiger partial charge in [-0.15, -0.1) is 0 Å². The second kappa shape index (κ2) is 7.02. The Kier molecular flexibility index (Phi) is 5.67. The van der Waals surface area contributed by atoms with E-state index >= 15 is 0 Å². The van der Waals surface area contributed by atoms with Crippen LogP contribution in [0.1, 0.15) is 40.5 Å². The number of urea groups is 1. The first-order valence-corrected chi connectivity index (χ1v) is 6.73. The molecule has 4 nitrogen and oxygen atoms in total. The van der Waals surface area contributed by atoms with E-state index in [1.807, 2.05) is 45.0 Å². The van der Waals surface area contributed by atoms with Crippen molar-refractivity contribution in [2.45, 2.75) is 46.1 Å². The molecule has 0 fully saturated rings. The summed E-state index contributed by atoms with van der Waals surface area (Å²) in [5, 5.41) is 5.68. The lowest BCUT2D eigenvalue weighted by Gasteiger charge is -2.21. The van der Waals surface area contributed by atoms with Gasteiger partial charge in [-0.25, -0.2) is 4.79 Å². The van der Waals surface area contributed by atoms with E-state index in [2.05, 4.69) is 17.6 Å². The maximum Gasteiger partial charge on any atom is 0.319 e. The molecule has 0 saturated heterocycles. The van der Waals surface area contributed by atoms with Gasteiger partial charge in [-0.3, -0.25) is 0 Å². The first-order valence-electron chi connectivity index (χ1n) is 6.73. The first-order chi connectivity index (χ1) is 8.92. The van der Waals surface area contributed by atoms with Gasteiger partial charge in [0.25, 0.3) is 0 Å². The van der Waals surface area contributed by atoms with E-state index in [0.29, 0.717) is 18.0 Å². The van der Waals surface area contributed by atoms with Crippen molar-refractivity contribution in [3.05, 3.63) is 24.3 Å². The maximum absolute atomic E-state index is 11.8. The van der Waals surface area contributed by atoms with Gasteiger partial charge >= 0.3 is 6.03 Å². The van der Waals surface area contributed by atoms with Gasteiger partial charge in [0.15, 0.2) is 0 Å². The molecule has 19 heavy (non-hydrogen) atoms. The second-order valence-electron chi connectivity index (χ2n) is 5.53. The average molecular weight is 264 g/mol. The molecule has 1 aromatic rings. The minimum atomic E-state index is -0.262. The monoisotopic (exact) mass is 264 g/mol. The third-order valence-corrected chi connectivity index (χ3v) is 2.38. The standard InChI is InChI=1S/C15H24N2O2/c1-5-6-11-19-13-10-8-7-9-12(13)16-14(18)17-15(2,3)4/h7-10H,5-6,11H2,1-4H3,(H2,16,17,18). The van der Waals surface area contributed by atoms with E-state index in [4.69, 9.17) is 4.74 Å². The molecule has 1 aromatic carbocycles. The number of carbonyl (C=O) groups excluding carboxylic acids is 1. The van der Waals surface area contributed by atoms with E-state index in [-0.39, 0.29) is 11.6 Å². The van der Waals surface area contributed by atoms with Crippen molar-refractivity contribution < 1.29 is 9.53 Å². The molecule has 106 valence electrons. The van der Waals surface area contributed by atoms with Crippen LogP contribution in [-0.4, -0.2) is 18.2 Å². The van der Waals surface area contributed by atoms with Gasteiger partial charge in [0, 0.05) is 5.54 Å². The van der Waals surface area contributed by atoms with E-state index < -0.39 is 0 Å². The molecule has 0 aliphatic rings. The molecule has 0 unspecified atom stereocenters. The zero-order valence-corrected chi connectivity index (χ0v) is 12.2. The normalized spacial score (nSPS) is 10.9. The Bertz CT molecular complexity index is 411. The highest BCUT2D eigenvalue weighted by molar-refractivity contribution is 5.91. The molecule has 2 N–H and O–H groups in total. The number of hydrogen-bond acceptors (Lipinski definition) is 2. The quantitative estimate of drug-likeness (QED) is 0.795. The fourth-order valence-electron chi connectivity index (χ4n) is 1.52. The Hall–Kier alpha value is -1.71. The largest absolute Gasteiger partial charge is 0.491 e. The van der Waals surface area contributed by atoms with E-state index in [0.717, 1.165) is 12.8 Å². The van der Waals surface area contributed by atoms with Crippen molar-refractivity contribution in [2.75, 3.05) is 11.9 Å². The Labute approximate surface area is 115 Å². The number of ether oxygens (including phenoxy) is 1. The average Bonchev–Trinajstić information content (AvgIpc) is 2.29. The Morgan fingerprint density at radius 1 is 1.26 bits per heavy atom. The third-order valence-electron chi connectivity index (χ3n) is 2.38. The summed E-state index contributed by atoms with van der Waals surface area (Å²) in [6, 6.07) is 7.25. The summed E-state index contributed by atoms with van der Waals surface area (Å²) < 4.78 is 5.67. The minimum Gasteiger partial charge on any atom is -0.491 e. The third kappa shape index (κ3) is 6.13. The number of hydrogen-bond donors (Lipinski definition) is 2. The van der Waals surface area contributed by atoms with Gasteiger partial charge < -0.3 is 15.4 Å². The summed E-state index contributed by atoms with van der Waals surface area (Å²) in [5.74, 6) is 0.708. The molecule has 0 radical (unpaired) electrons. The molecule has 0 saturated carbocycles. The highest BCUT2D eigenvalue weighted by Crippen LogP contribution is 2.24. The van der Waals surface area contributed by atoms with E-state index in [1.165, 1.54) is 0 Å². The number of benzene rings is 1. The predicted octanol–water partition coefficient (Wildman–Crippen LogP) is 3.79. The van der Waals surface area contributed by atoms with Gasteiger partial charge in [0.05, 0.1) is 12.3 Å². The highest BCUT2D eigenvalue weighted by atomic mass is 16.5. The van der Waals surface area contributed by atoms with Crippen molar-refractivity contribution in [1.29, 1.82) is 0 Å². The molecular formula is C15H24N2O2. The lowest BCUT2D eigenvalue weighted by Crippen LogP contribution is -2.43. The van der Waals surface area contributed by atoms with Crippen LogP contribution in [0.4, 0.5) is 10.5 Å². The van der Waals surface area contributed by atoms with Crippen LogP contribution in [0, 0.1) is 0 Å². The zero-order chi connectivity index (χ0) is 14.3. The van der Waals surface area contributed by atoms with Crippen molar-refractivity contribution in [1.82, 2.24) is 5.32 Å². The fourth-order valence-corrected chi connectivity index (χ4v) is 1.52. The van der Waals surface area contributed by atoms with Crippen molar-refractivity contribution in [3.63, 3.8) is 0 Å². The Morgan fingerprint density at radius 3 is 2.58 bits per heavy atom. The number of unbranched alkanes of at least 4 members (excludes halogenated alkanes) is 1. The van der Waals surface area contributed by atoms with Gasteiger partial charge in [-0.2, -0.15) is 0 Å². The molecule has 0 aliphatic heterocycles. The summed E-state index contributed by atoms with van der Waals surface area (Å²) in [5.41, 5.74) is 0.433. The second-order valence-corrected chi connectivity index (χ2v) is 5.53. The summed E-state index contributed by atoms with van der Waals surface area (Å²) >= 11 is 0. The smallest absolute Gasteiger partial charge is 0.319 e. The van der Waals surface area contributed by atoms with E-state index in [9.17, 15) is 4.79 Å². The molecule has 0 aromatic heterocycles. The number of nitrogens with one attached hydrogen (secondary N) is 2. The predicted molar refractivity (Wildman–Crippen MR) is 78.8 cm³/mol. The van der Waals surface area contributed by atoms with Gasteiger partial charge in [-0.1, -0.05) is 25.5 Å². The zero-order valence-electron chi connectivity index (χ0n) is 12.2. The summed E-state index contributed by atoms with van der Waals surface area (Å²) in [6.07, 6.45) is 2.09. The van der Waals surface area contributed by atoms with Crippen molar-refractivity contribution >= 4 is 11.7 Å². The highest BCUT2D eigenvalue weighted by Gasteiger charge is 2.14. The van der Waals surface area contributed by atoms with E-state index in [1.54, 1.807) is 0 Å². The molecule has 0 atom stereocenters. The number of carbonyl (C=O) groups is 1. The minimum absolute atomic E-state index is 0.223. The molecule has 0 bridgehead atoms. The van der Waals surface area contributed by atoms with Crippen LogP contribution in [-0.2, 0) is 0 Å². The fraction of sp³-hybridized carbons (Fsp3) is 0.533. The molecule has 0 aliphatic carbocycles. The molecular weight excluding hydrogens is 240 g/mol. The molecule has 4 heteroatoms. The number of rotatable bonds is 5. The topological polar surface area (TPSA) is 50.4 Å². The van der Waals surface area contributed by atoms with Gasteiger partial charge in [0.1, 0.15) is 5.75 Å². The van der Waals surface area contributed by atoms with Crippen molar-refractivity contribution in [2.24, 2.45) is 0 Å². The van der Waals surface area contributed by atoms with Crippen LogP contribution >= 0.6 is 0 Å². The van der Waals surface area contributed by atoms with Crippen molar-refractivity contribution in [3.8, 4) is 5.75 Å². The lowest BCUT2D eigenvalue weighted by atomic mass is 10.1. The van der Waals surface area contributed by atoms with Crippen LogP contribution < -0.4 is 15.4 Å². The molecule has 0 spiro atoms. The molecule has 1 rings (SSSR count). The lowest BCUT2D eigenvalue weighted by molar-refractivity contribution is 0.243. The van der Waals surface area contributed by atoms with Crippen LogP contribution in [0.2, 0.25) is 0 Å². The number of para-hydroxylation sites is 2. The first kappa shape index (κ1) is 15.3. The van der Waals surface area contributed by atoms with Gasteiger partial charge in [-0.05, 0) is 39.3 Å². The molecule has 0 heterocycles. The molecule has 2 amide bonds.